The summed E-state index contributed by atoms with van der Waals surface area (Å²) < 4.78 is 20.0. The molecule has 0 N–H and O–H groups in total. The van der Waals surface area contributed by atoms with Crippen LogP contribution in [0.3, 0.4) is 0 Å². The Morgan fingerprint density at radius 1 is 1.06 bits per heavy atom. The van der Waals surface area contributed by atoms with Crippen molar-refractivity contribution < 1.29 is 23.8 Å². The highest BCUT2D eigenvalue weighted by Gasteiger charge is 2.76. The molecule has 1 aromatic rings. The fourth-order valence-electron chi connectivity index (χ4n) is 9.50. The maximum absolute atomic E-state index is 13.5. The number of ketones is 2. The van der Waals surface area contributed by atoms with Crippen molar-refractivity contribution in [3.05, 3.63) is 47.5 Å². The summed E-state index contributed by atoms with van der Waals surface area (Å²) in [5, 5.41) is 0. The van der Waals surface area contributed by atoms with E-state index < -0.39 is 11.4 Å². The van der Waals surface area contributed by atoms with Gasteiger partial charge >= 0.3 is 0 Å². The van der Waals surface area contributed by atoms with E-state index in [1.54, 1.807) is 6.92 Å². The molecule has 4 aliphatic carbocycles. The maximum atomic E-state index is 13.5. The second kappa shape index (κ2) is 6.68. The first-order valence-electron chi connectivity index (χ1n) is 13.0. The first-order chi connectivity index (χ1) is 16.2. The largest absolute Gasteiger partial charge is 0.373 e. The second-order valence-corrected chi connectivity index (χ2v) is 12.1. The zero-order chi connectivity index (χ0) is 23.5. The first kappa shape index (κ1) is 21.5. The Morgan fingerprint density at radius 3 is 2.62 bits per heavy atom. The fraction of sp³-hybridized carbons (Fsp3) is 0.655. The molecule has 2 heterocycles. The zero-order valence-corrected chi connectivity index (χ0v) is 20.3. The number of carbonyl (C=O) groups excluding carboxylic acids is 2. The van der Waals surface area contributed by atoms with Crippen LogP contribution in [0.5, 0.6) is 0 Å². The van der Waals surface area contributed by atoms with Crippen molar-refractivity contribution in [1.29, 1.82) is 0 Å². The molecule has 0 aromatic heterocycles. The van der Waals surface area contributed by atoms with Crippen LogP contribution >= 0.6 is 0 Å². The lowest BCUT2D eigenvalue weighted by atomic mass is 9.46. The quantitative estimate of drug-likeness (QED) is 0.636. The Kier molecular flexibility index (Phi) is 4.22. The molecule has 5 nitrogen and oxygen atoms in total. The standard InChI is InChI=1S/C29H34O5/c1-17(30)29-25(33-27(3,34-29)18-7-5-4-6-8-18)15-22-20-14-24-23-13-19(31)9-12-28(23,16-32-24)21(20)10-11-26(22,29)2/h4-8,13,20-22,24-25H,9-12,14-16H2,1-3H3/t20-,21+,22+,24-,25-,26+,27?,28+,29?/m1/s1. The van der Waals surface area contributed by atoms with E-state index >= 15 is 0 Å². The lowest BCUT2D eigenvalue weighted by Gasteiger charge is -2.58. The summed E-state index contributed by atoms with van der Waals surface area (Å²) in [4.78, 5) is 25.8. The van der Waals surface area contributed by atoms with Crippen molar-refractivity contribution in [3.8, 4) is 0 Å². The predicted octanol–water partition coefficient (Wildman–Crippen LogP) is 4.73. The second-order valence-electron chi connectivity index (χ2n) is 12.1. The van der Waals surface area contributed by atoms with Crippen LogP contribution in [0.1, 0.15) is 64.9 Å². The molecule has 9 atom stereocenters. The third kappa shape index (κ3) is 2.37. The van der Waals surface area contributed by atoms with Gasteiger partial charge in [0, 0.05) is 22.8 Å². The fourth-order valence-corrected chi connectivity index (χ4v) is 9.50. The molecule has 2 saturated heterocycles. The molecule has 5 heteroatoms. The molecule has 2 unspecified atom stereocenters. The number of benzene rings is 1. The average Bonchev–Trinajstić information content (AvgIpc) is 3.37. The van der Waals surface area contributed by atoms with Crippen LogP contribution < -0.4 is 0 Å². The molecule has 3 saturated carbocycles. The number of rotatable bonds is 2. The van der Waals surface area contributed by atoms with Crippen molar-refractivity contribution in [1.82, 2.24) is 0 Å². The van der Waals surface area contributed by atoms with Gasteiger partial charge in [-0.25, -0.2) is 0 Å². The SMILES string of the molecule is CC(=O)C12OC(C)(c3ccccc3)O[C@@H]1C[C@H]1[C@@H]3C[C@H]4OC[C@@]5(CCC(=O)C=C45)[C@H]3CC[C@@]12C. The molecule has 0 amide bonds. The van der Waals surface area contributed by atoms with E-state index in [0.29, 0.717) is 24.2 Å². The van der Waals surface area contributed by atoms with Crippen LogP contribution in [0, 0.1) is 28.6 Å². The summed E-state index contributed by atoms with van der Waals surface area (Å²) in [5.74, 6) is 0.752. The summed E-state index contributed by atoms with van der Waals surface area (Å²) in [6, 6.07) is 10.0. The van der Waals surface area contributed by atoms with Gasteiger partial charge < -0.3 is 14.2 Å². The van der Waals surface area contributed by atoms with Crippen LogP contribution in [0.25, 0.3) is 0 Å². The lowest BCUT2D eigenvalue weighted by molar-refractivity contribution is -0.227. The predicted molar refractivity (Wildman–Crippen MR) is 125 cm³/mol. The number of hydrogen-bond acceptors (Lipinski definition) is 5. The highest BCUT2D eigenvalue weighted by Crippen LogP contribution is 2.72. The van der Waals surface area contributed by atoms with E-state index in [4.69, 9.17) is 14.2 Å². The molecule has 5 fully saturated rings. The summed E-state index contributed by atoms with van der Waals surface area (Å²) in [6.45, 7) is 6.72. The van der Waals surface area contributed by atoms with Crippen LogP contribution in [0.15, 0.2) is 42.0 Å². The van der Waals surface area contributed by atoms with E-state index in [1.165, 1.54) is 5.57 Å². The third-order valence-corrected chi connectivity index (χ3v) is 10.9. The van der Waals surface area contributed by atoms with E-state index in [9.17, 15) is 9.59 Å². The Balaban J connectivity index is 1.28. The molecular weight excluding hydrogens is 428 g/mol. The molecule has 7 rings (SSSR count). The van der Waals surface area contributed by atoms with Gasteiger partial charge in [-0.2, -0.15) is 0 Å². The third-order valence-electron chi connectivity index (χ3n) is 10.9. The number of ether oxygens (including phenoxy) is 3. The minimum Gasteiger partial charge on any atom is -0.373 e. The van der Waals surface area contributed by atoms with Gasteiger partial charge in [-0.3, -0.25) is 9.59 Å². The van der Waals surface area contributed by atoms with Gasteiger partial charge in [0.2, 0.25) is 0 Å². The van der Waals surface area contributed by atoms with Crippen LogP contribution in [-0.4, -0.2) is 36.0 Å². The monoisotopic (exact) mass is 462 g/mol. The zero-order valence-electron chi connectivity index (χ0n) is 20.3. The average molecular weight is 463 g/mol. The first-order valence-corrected chi connectivity index (χ1v) is 13.0. The molecule has 2 bridgehead atoms. The molecule has 6 aliphatic rings. The van der Waals surface area contributed by atoms with Crippen LogP contribution in [0.4, 0.5) is 0 Å². The highest BCUT2D eigenvalue weighted by molar-refractivity contribution is 5.92. The number of fused-ring (bicyclic) bond motifs is 5. The Bertz CT molecular complexity index is 1110. The van der Waals surface area contributed by atoms with Gasteiger partial charge in [0.1, 0.15) is 0 Å². The van der Waals surface area contributed by atoms with E-state index in [-0.39, 0.29) is 34.6 Å². The topological polar surface area (TPSA) is 61.8 Å². The summed E-state index contributed by atoms with van der Waals surface area (Å²) in [5.41, 5.74) is 1.05. The van der Waals surface area contributed by atoms with Gasteiger partial charge in [-0.15, -0.1) is 0 Å². The Morgan fingerprint density at radius 2 is 1.85 bits per heavy atom. The maximum Gasteiger partial charge on any atom is 0.193 e. The van der Waals surface area contributed by atoms with Gasteiger partial charge in [0.15, 0.2) is 23.0 Å². The molecule has 0 spiro atoms. The van der Waals surface area contributed by atoms with Gasteiger partial charge in [-0.1, -0.05) is 37.3 Å². The summed E-state index contributed by atoms with van der Waals surface area (Å²) >= 11 is 0. The smallest absolute Gasteiger partial charge is 0.193 e. The molecule has 34 heavy (non-hydrogen) atoms. The lowest BCUT2D eigenvalue weighted by Crippen LogP contribution is -2.60. The van der Waals surface area contributed by atoms with Crippen molar-refractivity contribution >= 4 is 11.6 Å². The Hall–Kier alpha value is -1.82. The van der Waals surface area contributed by atoms with Gasteiger partial charge in [-0.05, 0) is 75.4 Å². The molecule has 180 valence electrons. The number of carbonyl (C=O) groups is 2. The van der Waals surface area contributed by atoms with Crippen molar-refractivity contribution in [2.75, 3.05) is 6.61 Å². The Labute approximate surface area is 201 Å². The van der Waals surface area contributed by atoms with E-state index in [1.807, 2.05) is 43.3 Å². The summed E-state index contributed by atoms with van der Waals surface area (Å²) in [6.07, 6.45) is 7.06. The molecule has 0 radical (unpaired) electrons. The summed E-state index contributed by atoms with van der Waals surface area (Å²) in [7, 11) is 0. The molecule has 1 aromatic carbocycles. The van der Waals surface area contributed by atoms with Crippen LogP contribution in [-0.2, 0) is 29.6 Å². The normalized spacial score (nSPS) is 50.7. The number of Topliss-reactive ketones (excluding diaryl/α,β-unsaturated/α-hetero) is 1. The minimum absolute atomic E-state index is 0.0180. The van der Waals surface area contributed by atoms with E-state index in [0.717, 1.165) is 44.3 Å². The number of hydrogen-bond donors (Lipinski definition) is 0. The van der Waals surface area contributed by atoms with Crippen molar-refractivity contribution in [2.45, 2.75) is 82.9 Å². The molecule has 2 aliphatic heterocycles. The molecular formula is C29H34O5. The minimum atomic E-state index is -0.927. The van der Waals surface area contributed by atoms with Gasteiger partial charge in [0.05, 0.1) is 18.8 Å². The van der Waals surface area contributed by atoms with Crippen LogP contribution in [0.2, 0.25) is 0 Å². The van der Waals surface area contributed by atoms with Crippen molar-refractivity contribution in [2.24, 2.45) is 28.6 Å². The van der Waals surface area contributed by atoms with Crippen molar-refractivity contribution in [3.63, 3.8) is 0 Å². The van der Waals surface area contributed by atoms with E-state index in [2.05, 4.69) is 6.92 Å². The highest BCUT2D eigenvalue weighted by atomic mass is 16.8. The van der Waals surface area contributed by atoms with Gasteiger partial charge in [0.25, 0.3) is 0 Å².